The van der Waals surface area contributed by atoms with Crippen LogP contribution in [0.5, 0.6) is 11.5 Å². The minimum absolute atomic E-state index is 0.124. The van der Waals surface area contributed by atoms with Crippen LogP contribution >= 0.6 is 0 Å². The second kappa shape index (κ2) is 11.2. The Hall–Kier alpha value is -2.74. The molecule has 0 radical (unpaired) electrons. The maximum atomic E-state index is 12.6. The Morgan fingerprint density at radius 2 is 1.78 bits per heavy atom. The molecule has 0 spiro atoms. The minimum Gasteiger partial charge on any atom is -0.493 e. The molecule has 2 rings (SSSR count). The summed E-state index contributed by atoms with van der Waals surface area (Å²) < 4.78 is 36.8. The summed E-state index contributed by atoms with van der Waals surface area (Å²) in [5.41, 5.74) is 3.52. The lowest BCUT2D eigenvalue weighted by molar-refractivity contribution is -0.121. The van der Waals surface area contributed by atoms with E-state index in [-0.39, 0.29) is 24.9 Å². The lowest BCUT2D eigenvalue weighted by atomic mass is 10.0. The summed E-state index contributed by atoms with van der Waals surface area (Å²) in [4.78, 5) is 12.6. The van der Waals surface area contributed by atoms with Crippen molar-refractivity contribution in [3.8, 4) is 11.5 Å². The summed E-state index contributed by atoms with van der Waals surface area (Å²) in [6.45, 7) is 6.09. The van der Waals surface area contributed by atoms with E-state index in [9.17, 15) is 13.2 Å². The fourth-order valence-electron chi connectivity index (χ4n) is 3.61. The number of carbonyl (C=O) groups excluding carboxylic acids is 1. The molecule has 0 unspecified atom stereocenters. The number of hydrogen-bond donors (Lipinski definition) is 1. The van der Waals surface area contributed by atoms with E-state index in [0.29, 0.717) is 30.0 Å². The standard InChI is InChI=1S/C24H34N2O5S/c1-7-20(19-13-14-22(30-4)23(16-19)31-5)25-24(27)12-9-15-26(32(6,28)29)21-11-8-10-17(2)18(21)3/h8,10-11,13-14,16,20H,7,9,12,15H2,1-6H3,(H,25,27)/t20-/m1/s1. The molecule has 8 heteroatoms. The number of carbonyl (C=O) groups is 1. The molecule has 2 aromatic rings. The van der Waals surface area contributed by atoms with Gasteiger partial charge in [0.15, 0.2) is 11.5 Å². The highest BCUT2D eigenvalue weighted by Crippen LogP contribution is 2.31. The Morgan fingerprint density at radius 3 is 2.38 bits per heavy atom. The van der Waals surface area contributed by atoms with Crippen LogP contribution in [0.15, 0.2) is 36.4 Å². The van der Waals surface area contributed by atoms with Crippen LogP contribution in [0.2, 0.25) is 0 Å². The van der Waals surface area contributed by atoms with Crippen LogP contribution in [-0.2, 0) is 14.8 Å². The summed E-state index contributed by atoms with van der Waals surface area (Å²) >= 11 is 0. The molecule has 7 nitrogen and oxygen atoms in total. The van der Waals surface area contributed by atoms with E-state index in [4.69, 9.17) is 9.47 Å². The number of amides is 1. The van der Waals surface area contributed by atoms with E-state index >= 15 is 0 Å². The molecule has 0 aliphatic heterocycles. The van der Waals surface area contributed by atoms with Gasteiger partial charge in [0, 0.05) is 13.0 Å². The summed E-state index contributed by atoms with van der Waals surface area (Å²) in [6.07, 6.45) is 2.54. The van der Waals surface area contributed by atoms with Crippen LogP contribution in [0, 0.1) is 13.8 Å². The zero-order valence-electron chi connectivity index (χ0n) is 19.8. The average Bonchev–Trinajstić information content (AvgIpc) is 2.76. The zero-order chi connectivity index (χ0) is 23.9. The Morgan fingerprint density at radius 1 is 1.09 bits per heavy atom. The zero-order valence-corrected chi connectivity index (χ0v) is 20.6. The fourth-order valence-corrected chi connectivity index (χ4v) is 4.63. The first-order chi connectivity index (χ1) is 15.1. The third kappa shape index (κ3) is 6.38. The van der Waals surface area contributed by atoms with Crippen LogP contribution in [-0.4, -0.2) is 41.3 Å². The molecule has 0 saturated carbocycles. The normalized spacial score (nSPS) is 12.2. The van der Waals surface area contributed by atoms with Crippen LogP contribution in [0.25, 0.3) is 0 Å². The molecule has 0 aromatic heterocycles. The lowest BCUT2D eigenvalue weighted by Gasteiger charge is -2.25. The molecule has 0 bridgehead atoms. The number of sulfonamides is 1. The molecule has 0 aliphatic carbocycles. The Kier molecular flexibility index (Phi) is 8.95. The van der Waals surface area contributed by atoms with Crippen molar-refractivity contribution in [3.63, 3.8) is 0 Å². The molecule has 2 aromatic carbocycles. The smallest absolute Gasteiger partial charge is 0.232 e. The highest BCUT2D eigenvalue weighted by Gasteiger charge is 2.21. The lowest BCUT2D eigenvalue weighted by Crippen LogP contribution is -2.33. The maximum Gasteiger partial charge on any atom is 0.232 e. The van der Waals surface area contributed by atoms with Crippen molar-refractivity contribution in [2.75, 3.05) is 31.3 Å². The Labute approximate surface area is 191 Å². The van der Waals surface area contributed by atoms with Gasteiger partial charge >= 0.3 is 0 Å². The number of nitrogens with one attached hydrogen (secondary N) is 1. The molecule has 32 heavy (non-hydrogen) atoms. The molecule has 0 heterocycles. The number of ether oxygens (including phenoxy) is 2. The van der Waals surface area contributed by atoms with Gasteiger partial charge < -0.3 is 14.8 Å². The van der Waals surface area contributed by atoms with E-state index in [1.807, 2.05) is 51.1 Å². The molecule has 1 atom stereocenters. The van der Waals surface area contributed by atoms with Crippen molar-refractivity contribution in [2.45, 2.75) is 46.1 Å². The second-order valence-corrected chi connectivity index (χ2v) is 9.71. The van der Waals surface area contributed by atoms with Crippen molar-refractivity contribution in [1.82, 2.24) is 5.32 Å². The highest BCUT2D eigenvalue weighted by molar-refractivity contribution is 7.92. The predicted molar refractivity (Wildman–Crippen MR) is 128 cm³/mol. The molecule has 1 amide bonds. The quantitative estimate of drug-likeness (QED) is 0.543. The summed E-state index contributed by atoms with van der Waals surface area (Å²) in [5, 5.41) is 3.04. The van der Waals surface area contributed by atoms with Crippen LogP contribution < -0.4 is 19.1 Å². The van der Waals surface area contributed by atoms with E-state index in [2.05, 4.69) is 5.32 Å². The van der Waals surface area contributed by atoms with Gasteiger partial charge in [0.1, 0.15) is 0 Å². The topological polar surface area (TPSA) is 84.9 Å². The Bertz CT molecular complexity index is 1040. The number of nitrogens with zero attached hydrogens (tertiary/aromatic N) is 1. The van der Waals surface area contributed by atoms with Crippen molar-refractivity contribution in [3.05, 3.63) is 53.1 Å². The number of anilines is 1. The first kappa shape index (κ1) is 25.5. The fraction of sp³-hybridized carbons (Fsp3) is 0.458. The van der Waals surface area contributed by atoms with Gasteiger partial charge in [-0.2, -0.15) is 0 Å². The molecule has 0 saturated heterocycles. The number of methoxy groups -OCH3 is 2. The molecule has 176 valence electrons. The summed E-state index contributed by atoms with van der Waals surface area (Å²) in [6, 6.07) is 11.0. The van der Waals surface area contributed by atoms with Gasteiger partial charge in [-0.25, -0.2) is 8.42 Å². The van der Waals surface area contributed by atoms with Crippen molar-refractivity contribution in [2.24, 2.45) is 0 Å². The largest absolute Gasteiger partial charge is 0.493 e. The maximum absolute atomic E-state index is 12.6. The van der Waals surface area contributed by atoms with E-state index < -0.39 is 10.0 Å². The Balaban J connectivity index is 2.05. The van der Waals surface area contributed by atoms with Crippen molar-refractivity contribution in [1.29, 1.82) is 0 Å². The highest BCUT2D eigenvalue weighted by atomic mass is 32.2. The first-order valence-electron chi connectivity index (χ1n) is 10.7. The molecular formula is C24H34N2O5S. The molecular weight excluding hydrogens is 428 g/mol. The summed E-state index contributed by atoms with van der Waals surface area (Å²) in [5.74, 6) is 1.11. The van der Waals surface area contributed by atoms with Crippen molar-refractivity contribution < 1.29 is 22.7 Å². The SMILES string of the molecule is CC[C@@H](NC(=O)CCCN(c1cccc(C)c1C)S(C)(=O)=O)c1ccc(OC)c(OC)c1. The third-order valence-corrected chi connectivity index (χ3v) is 6.74. The third-order valence-electron chi connectivity index (χ3n) is 5.56. The monoisotopic (exact) mass is 462 g/mol. The number of aryl methyl sites for hydroxylation is 1. The molecule has 1 N–H and O–H groups in total. The van der Waals surface area contributed by atoms with Crippen LogP contribution in [0.4, 0.5) is 5.69 Å². The van der Waals surface area contributed by atoms with E-state index in [0.717, 1.165) is 16.7 Å². The van der Waals surface area contributed by atoms with Crippen LogP contribution in [0.1, 0.15) is 48.9 Å². The van der Waals surface area contributed by atoms with Gasteiger partial charge in [-0.1, -0.05) is 25.1 Å². The molecule has 0 fully saturated rings. The number of benzene rings is 2. The molecule has 0 aliphatic rings. The van der Waals surface area contributed by atoms with Gasteiger partial charge in [0.05, 0.1) is 32.2 Å². The van der Waals surface area contributed by atoms with E-state index in [1.54, 1.807) is 20.3 Å². The first-order valence-corrected chi connectivity index (χ1v) is 12.5. The van der Waals surface area contributed by atoms with Gasteiger partial charge in [0.25, 0.3) is 0 Å². The van der Waals surface area contributed by atoms with Gasteiger partial charge in [-0.05, 0) is 61.6 Å². The average molecular weight is 463 g/mol. The predicted octanol–water partition coefficient (Wildman–Crippen LogP) is 4.13. The minimum atomic E-state index is -3.46. The van der Waals surface area contributed by atoms with E-state index in [1.165, 1.54) is 10.6 Å². The van der Waals surface area contributed by atoms with Crippen molar-refractivity contribution >= 4 is 21.6 Å². The van der Waals surface area contributed by atoms with Crippen LogP contribution in [0.3, 0.4) is 0 Å². The second-order valence-electron chi connectivity index (χ2n) is 7.80. The van der Waals surface area contributed by atoms with Gasteiger partial charge in [-0.3, -0.25) is 9.10 Å². The van der Waals surface area contributed by atoms with Gasteiger partial charge in [-0.15, -0.1) is 0 Å². The number of hydrogen-bond acceptors (Lipinski definition) is 5. The summed E-state index contributed by atoms with van der Waals surface area (Å²) in [7, 11) is -0.312. The van der Waals surface area contributed by atoms with Gasteiger partial charge in [0.2, 0.25) is 15.9 Å². The number of rotatable bonds is 11.